The van der Waals surface area contributed by atoms with E-state index in [0.717, 1.165) is 19.5 Å². The van der Waals surface area contributed by atoms with Crippen LogP contribution in [0.5, 0.6) is 0 Å². The molecule has 112 valence electrons. The first-order chi connectivity index (χ1) is 10.3. The highest BCUT2D eigenvalue weighted by Gasteiger charge is 2.29. The maximum absolute atomic E-state index is 10.2. The van der Waals surface area contributed by atoms with Crippen LogP contribution in [0.15, 0.2) is 24.8 Å². The van der Waals surface area contributed by atoms with Gasteiger partial charge >= 0.3 is 0 Å². The number of rotatable bonds is 5. The van der Waals surface area contributed by atoms with Gasteiger partial charge in [-0.05, 0) is 18.9 Å². The van der Waals surface area contributed by atoms with Gasteiger partial charge in [-0.3, -0.25) is 9.58 Å². The van der Waals surface area contributed by atoms with Crippen molar-refractivity contribution >= 4 is 0 Å². The average Bonchev–Trinajstić information content (AvgIpc) is 3.02. The Bertz CT molecular complexity index is 602. The second-order valence-corrected chi connectivity index (χ2v) is 6.14. The van der Waals surface area contributed by atoms with Crippen molar-refractivity contribution in [1.82, 2.24) is 24.2 Å². The Balaban J connectivity index is 1.37. The molecule has 1 atom stereocenters. The Morgan fingerprint density at radius 3 is 3.00 bits per heavy atom. The van der Waals surface area contributed by atoms with E-state index in [1.807, 2.05) is 18.6 Å². The Hall–Kier alpha value is -1.66. The Labute approximate surface area is 124 Å². The van der Waals surface area contributed by atoms with Gasteiger partial charge in [0.05, 0.1) is 24.7 Å². The summed E-state index contributed by atoms with van der Waals surface area (Å²) in [5.41, 5.74) is 2.61. The standard InChI is InChI=1S/C15H21N5O/c21-13(9-19-6-1-5-17-19)8-18-7-4-15-14(10-18)16-11-20(15)12-2-3-12/h1,5-6,11-13,21H,2-4,7-10H2/t13-/m0/s1. The summed E-state index contributed by atoms with van der Waals surface area (Å²) in [5, 5.41) is 14.3. The molecular weight excluding hydrogens is 266 g/mol. The summed E-state index contributed by atoms with van der Waals surface area (Å²) in [4.78, 5) is 6.87. The predicted octanol–water partition coefficient (Wildman–Crippen LogP) is 0.834. The van der Waals surface area contributed by atoms with Gasteiger partial charge in [-0.2, -0.15) is 5.10 Å². The Kier molecular flexibility index (Phi) is 3.27. The van der Waals surface area contributed by atoms with Gasteiger partial charge < -0.3 is 9.67 Å². The van der Waals surface area contributed by atoms with Gasteiger partial charge in [-0.1, -0.05) is 0 Å². The summed E-state index contributed by atoms with van der Waals surface area (Å²) < 4.78 is 4.15. The number of aliphatic hydroxyl groups is 1. The van der Waals surface area contributed by atoms with Crippen molar-refractivity contribution in [1.29, 1.82) is 0 Å². The number of hydrogen-bond acceptors (Lipinski definition) is 4. The molecule has 0 spiro atoms. The molecule has 0 unspecified atom stereocenters. The summed E-state index contributed by atoms with van der Waals surface area (Å²) in [7, 11) is 0. The van der Waals surface area contributed by atoms with Crippen molar-refractivity contribution in [2.75, 3.05) is 13.1 Å². The smallest absolute Gasteiger partial charge is 0.0954 e. The van der Waals surface area contributed by atoms with Crippen LogP contribution < -0.4 is 0 Å². The highest BCUT2D eigenvalue weighted by atomic mass is 16.3. The van der Waals surface area contributed by atoms with Crippen LogP contribution in [0.3, 0.4) is 0 Å². The predicted molar refractivity (Wildman–Crippen MR) is 77.7 cm³/mol. The van der Waals surface area contributed by atoms with E-state index in [0.29, 0.717) is 19.1 Å². The minimum atomic E-state index is -0.392. The van der Waals surface area contributed by atoms with Gasteiger partial charge in [-0.25, -0.2) is 4.98 Å². The number of imidazole rings is 1. The Morgan fingerprint density at radius 2 is 2.24 bits per heavy atom. The van der Waals surface area contributed by atoms with E-state index in [9.17, 15) is 5.11 Å². The summed E-state index contributed by atoms with van der Waals surface area (Å²) >= 11 is 0. The summed E-state index contributed by atoms with van der Waals surface area (Å²) in [5.74, 6) is 0. The number of aliphatic hydroxyl groups excluding tert-OH is 1. The highest BCUT2D eigenvalue weighted by molar-refractivity contribution is 5.18. The molecular formula is C15H21N5O. The molecule has 0 bridgehead atoms. The molecule has 0 radical (unpaired) electrons. The average molecular weight is 287 g/mol. The maximum Gasteiger partial charge on any atom is 0.0954 e. The molecule has 3 heterocycles. The van der Waals surface area contributed by atoms with Gasteiger partial charge in [-0.15, -0.1) is 0 Å². The summed E-state index contributed by atoms with van der Waals surface area (Å²) in [6.07, 6.45) is 8.88. The first kappa shape index (κ1) is 13.0. The molecule has 21 heavy (non-hydrogen) atoms. The van der Waals surface area contributed by atoms with E-state index >= 15 is 0 Å². The van der Waals surface area contributed by atoms with Crippen LogP contribution in [0, 0.1) is 0 Å². The molecule has 1 saturated carbocycles. The zero-order valence-corrected chi connectivity index (χ0v) is 12.1. The SMILES string of the molecule is O[C@@H](CN1CCc2c(ncn2C2CC2)C1)Cn1cccn1. The largest absolute Gasteiger partial charge is 0.390 e. The summed E-state index contributed by atoms with van der Waals surface area (Å²) in [6, 6.07) is 2.59. The topological polar surface area (TPSA) is 59.1 Å². The third kappa shape index (κ3) is 2.73. The van der Waals surface area contributed by atoms with Crippen LogP contribution in [0.25, 0.3) is 0 Å². The quantitative estimate of drug-likeness (QED) is 0.885. The lowest BCUT2D eigenvalue weighted by atomic mass is 10.1. The van der Waals surface area contributed by atoms with Gasteiger partial charge in [0.2, 0.25) is 0 Å². The number of fused-ring (bicyclic) bond motifs is 1. The van der Waals surface area contributed by atoms with Crippen molar-refractivity contribution in [2.24, 2.45) is 0 Å². The van der Waals surface area contributed by atoms with Crippen LogP contribution in [0.1, 0.15) is 30.3 Å². The molecule has 2 aromatic rings. The molecule has 1 aliphatic heterocycles. The van der Waals surface area contributed by atoms with E-state index in [1.54, 1.807) is 10.9 Å². The van der Waals surface area contributed by atoms with Crippen LogP contribution in [0.4, 0.5) is 0 Å². The highest BCUT2D eigenvalue weighted by Crippen LogP contribution is 2.37. The van der Waals surface area contributed by atoms with Gasteiger partial charge in [0, 0.05) is 50.2 Å². The molecule has 1 N–H and O–H groups in total. The van der Waals surface area contributed by atoms with Crippen LogP contribution in [-0.2, 0) is 19.5 Å². The third-order valence-electron chi connectivity index (χ3n) is 4.39. The number of β-amino-alcohol motifs (C(OH)–C–C–N with tert-alkyl or cyclic N) is 1. The number of hydrogen-bond donors (Lipinski definition) is 1. The van der Waals surface area contributed by atoms with Crippen LogP contribution in [0.2, 0.25) is 0 Å². The van der Waals surface area contributed by atoms with E-state index < -0.39 is 6.10 Å². The lowest BCUT2D eigenvalue weighted by Gasteiger charge is -2.28. The van der Waals surface area contributed by atoms with Crippen molar-refractivity contribution in [3.63, 3.8) is 0 Å². The van der Waals surface area contributed by atoms with Gasteiger partial charge in [0.15, 0.2) is 0 Å². The minimum Gasteiger partial charge on any atom is -0.390 e. The zero-order chi connectivity index (χ0) is 14.2. The molecule has 1 fully saturated rings. The minimum absolute atomic E-state index is 0.392. The zero-order valence-electron chi connectivity index (χ0n) is 12.1. The molecule has 1 aliphatic carbocycles. The van der Waals surface area contributed by atoms with Crippen LogP contribution >= 0.6 is 0 Å². The maximum atomic E-state index is 10.2. The number of aromatic nitrogens is 4. The normalized spacial score (nSPS) is 20.4. The van der Waals surface area contributed by atoms with Crippen molar-refractivity contribution in [2.45, 2.75) is 44.5 Å². The Morgan fingerprint density at radius 1 is 1.33 bits per heavy atom. The van der Waals surface area contributed by atoms with E-state index in [4.69, 9.17) is 0 Å². The van der Waals surface area contributed by atoms with Crippen molar-refractivity contribution in [3.8, 4) is 0 Å². The van der Waals surface area contributed by atoms with Gasteiger partial charge in [0.25, 0.3) is 0 Å². The second kappa shape index (κ2) is 5.27. The molecule has 0 amide bonds. The van der Waals surface area contributed by atoms with E-state index in [-0.39, 0.29) is 0 Å². The molecule has 4 rings (SSSR count). The second-order valence-electron chi connectivity index (χ2n) is 6.14. The molecule has 6 nitrogen and oxygen atoms in total. The molecule has 2 aromatic heterocycles. The third-order valence-corrected chi connectivity index (χ3v) is 4.39. The fourth-order valence-electron chi connectivity index (χ4n) is 3.19. The first-order valence-electron chi connectivity index (χ1n) is 7.72. The molecule has 0 saturated heterocycles. The summed E-state index contributed by atoms with van der Waals surface area (Å²) in [6.45, 7) is 3.08. The van der Waals surface area contributed by atoms with Crippen LogP contribution in [-0.4, -0.2) is 48.5 Å². The van der Waals surface area contributed by atoms with E-state index in [1.165, 1.54) is 24.2 Å². The fourth-order valence-corrected chi connectivity index (χ4v) is 3.19. The number of nitrogens with zero attached hydrogens (tertiary/aromatic N) is 5. The van der Waals surface area contributed by atoms with Crippen molar-refractivity contribution < 1.29 is 5.11 Å². The first-order valence-corrected chi connectivity index (χ1v) is 7.72. The van der Waals surface area contributed by atoms with Gasteiger partial charge in [0.1, 0.15) is 0 Å². The fraction of sp³-hybridized carbons (Fsp3) is 0.600. The lowest BCUT2D eigenvalue weighted by molar-refractivity contribution is 0.0878. The lowest BCUT2D eigenvalue weighted by Crippen LogP contribution is -2.38. The van der Waals surface area contributed by atoms with E-state index in [2.05, 4.69) is 19.5 Å². The molecule has 6 heteroatoms. The van der Waals surface area contributed by atoms with Crippen molar-refractivity contribution in [3.05, 3.63) is 36.2 Å². The molecule has 0 aromatic carbocycles. The monoisotopic (exact) mass is 287 g/mol. The molecule has 2 aliphatic rings.